The van der Waals surface area contributed by atoms with Crippen molar-refractivity contribution >= 4 is 17.2 Å². The van der Waals surface area contributed by atoms with Crippen molar-refractivity contribution in [1.82, 2.24) is 10.3 Å². The monoisotopic (exact) mass is 269 g/mol. The van der Waals surface area contributed by atoms with Crippen molar-refractivity contribution in [2.24, 2.45) is 5.84 Å². The summed E-state index contributed by atoms with van der Waals surface area (Å²) in [7, 11) is 2.15. The summed E-state index contributed by atoms with van der Waals surface area (Å²) in [6.45, 7) is 3.29. The Bertz CT molecular complexity index is 340. The van der Waals surface area contributed by atoms with Gasteiger partial charge >= 0.3 is 0 Å². The topological polar surface area (TPSA) is 58.4 Å². The number of hydrogen-bond donors (Lipinski definition) is 2. The molecule has 18 heavy (non-hydrogen) atoms. The first-order chi connectivity index (χ1) is 8.65. The summed E-state index contributed by atoms with van der Waals surface area (Å²) in [5.41, 5.74) is 2.15. The molecule has 102 valence electrons. The summed E-state index contributed by atoms with van der Waals surface area (Å²) in [6.07, 6.45) is 3.62. The zero-order valence-electron chi connectivity index (χ0n) is 11.2. The van der Waals surface area contributed by atoms with Crippen LogP contribution in [0.2, 0.25) is 0 Å². The fourth-order valence-corrected chi connectivity index (χ4v) is 2.68. The molecule has 1 amide bonds. The molecule has 0 spiro atoms. The van der Waals surface area contributed by atoms with Gasteiger partial charge in [0, 0.05) is 17.3 Å². The number of nitrogens with two attached hydrogens (primary N) is 1. The molecule has 1 rings (SSSR count). The third-order valence-corrected chi connectivity index (χ3v) is 4.23. The number of nitrogens with one attached hydrogen (secondary N) is 1. The number of nitrogens with zero attached hydrogens (tertiary/aromatic N) is 1. The molecule has 1 atom stereocenters. The number of carbonyl (C=O) groups excluding carboxylic acids is 1. The number of rotatable bonds is 8. The summed E-state index contributed by atoms with van der Waals surface area (Å²) < 4.78 is 0. The van der Waals surface area contributed by atoms with Gasteiger partial charge in [-0.15, -0.1) is 11.3 Å². The number of amides is 1. The van der Waals surface area contributed by atoms with Crippen molar-refractivity contribution in [1.29, 1.82) is 0 Å². The van der Waals surface area contributed by atoms with E-state index in [1.165, 1.54) is 4.88 Å². The third kappa shape index (κ3) is 5.16. The third-order valence-electron chi connectivity index (χ3n) is 3.19. The molecule has 1 unspecified atom stereocenters. The van der Waals surface area contributed by atoms with Crippen LogP contribution in [-0.2, 0) is 4.79 Å². The molecule has 5 heteroatoms. The highest BCUT2D eigenvalue weighted by Gasteiger charge is 2.11. The lowest BCUT2D eigenvalue weighted by Gasteiger charge is -2.23. The van der Waals surface area contributed by atoms with Crippen LogP contribution in [0.15, 0.2) is 17.5 Å². The quantitative estimate of drug-likeness (QED) is 0.329. The van der Waals surface area contributed by atoms with E-state index in [1.54, 1.807) is 11.3 Å². The van der Waals surface area contributed by atoms with E-state index >= 15 is 0 Å². The molecule has 0 aliphatic rings. The second kappa shape index (κ2) is 8.24. The van der Waals surface area contributed by atoms with E-state index in [1.807, 2.05) is 0 Å². The summed E-state index contributed by atoms with van der Waals surface area (Å²) in [6, 6.07) is 4.74. The molecule has 0 fully saturated rings. The fourth-order valence-electron chi connectivity index (χ4n) is 1.84. The highest BCUT2D eigenvalue weighted by molar-refractivity contribution is 7.10. The van der Waals surface area contributed by atoms with E-state index in [-0.39, 0.29) is 5.91 Å². The van der Waals surface area contributed by atoms with Crippen LogP contribution in [0.4, 0.5) is 0 Å². The van der Waals surface area contributed by atoms with Crippen molar-refractivity contribution in [3.05, 3.63) is 22.4 Å². The first kappa shape index (κ1) is 15.1. The molecular formula is C13H23N3OS. The zero-order chi connectivity index (χ0) is 13.4. The van der Waals surface area contributed by atoms with Crippen molar-refractivity contribution in [2.75, 3.05) is 13.6 Å². The van der Waals surface area contributed by atoms with Gasteiger partial charge in [0.25, 0.3) is 0 Å². The van der Waals surface area contributed by atoms with Gasteiger partial charge in [0.1, 0.15) is 0 Å². The highest BCUT2D eigenvalue weighted by Crippen LogP contribution is 2.23. The Labute approximate surface area is 113 Å². The second-order valence-corrected chi connectivity index (χ2v) is 5.53. The van der Waals surface area contributed by atoms with E-state index in [2.05, 4.69) is 41.8 Å². The molecule has 0 saturated carbocycles. The maximum Gasteiger partial charge on any atom is 0.233 e. The van der Waals surface area contributed by atoms with Gasteiger partial charge in [0.2, 0.25) is 5.91 Å². The Hall–Kier alpha value is -0.910. The number of unbranched alkanes of at least 4 members (excludes halogenated alkanes) is 2. The van der Waals surface area contributed by atoms with Crippen molar-refractivity contribution in [3.8, 4) is 0 Å². The lowest BCUT2D eigenvalue weighted by Crippen LogP contribution is -2.29. The average Bonchev–Trinajstić information content (AvgIpc) is 2.90. The maximum atomic E-state index is 10.9. The van der Waals surface area contributed by atoms with Crippen LogP contribution in [-0.4, -0.2) is 24.4 Å². The number of hydrogen-bond acceptors (Lipinski definition) is 4. The van der Waals surface area contributed by atoms with Crippen LogP contribution in [0.25, 0.3) is 0 Å². The molecule has 1 aromatic rings. The molecule has 0 bridgehead atoms. The number of thiophene rings is 1. The van der Waals surface area contributed by atoms with E-state index in [4.69, 9.17) is 5.84 Å². The number of carbonyl (C=O) groups is 1. The van der Waals surface area contributed by atoms with Crippen LogP contribution >= 0.6 is 11.3 Å². The van der Waals surface area contributed by atoms with Crippen molar-refractivity contribution < 1.29 is 4.79 Å². The van der Waals surface area contributed by atoms with Crippen LogP contribution in [0.1, 0.15) is 43.5 Å². The summed E-state index contributed by atoms with van der Waals surface area (Å²) in [5.74, 6) is 4.95. The first-order valence-electron chi connectivity index (χ1n) is 6.38. The van der Waals surface area contributed by atoms with E-state index < -0.39 is 0 Å². The lowest BCUT2D eigenvalue weighted by molar-refractivity contribution is -0.121. The maximum absolute atomic E-state index is 10.9. The van der Waals surface area contributed by atoms with E-state index in [9.17, 15) is 4.79 Å². The predicted octanol–water partition coefficient (Wildman–Crippen LogP) is 2.29. The average molecular weight is 269 g/mol. The Balaban J connectivity index is 2.13. The van der Waals surface area contributed by atoms with Gasteiger partial charge in [-0.1, -0.05) is 12.5 Å². The minimum atomic E-state index is -0.0738. The molecule has 1 aromatic heterocycles. The van der Waals surface area contributed by atoms with E-state index in [0.717, 1.165) is 25.8 Å². The summed E-state index contributed by atoms with van der Waals surface area (Å²) in [4.78, 5) is 14.7. The predicted molar refractivity (Wildman–Crippen MR) is 76.2 cm³/mol. The van der Waals surface area contributed by atoms with Crippen molar-refractivity contribution in [2.45, 2.75) is 38.6 Å². The first-order valence-corrected chi connectivity index (χ1v) is 7.26. The normalized spacial score (nSPS) is 12.7. The summed E-state index contributed by atoms with van der Waals surface area (Å²) in [5, 5.41) is 2.12. The second-order valence-electron chi connectivity index (χ2n) is 4.55. The van der Waals surface area contributed by atoms with Gasteiger partial charge in [0.15, 0.2) is 0 Å². The van der Waals surface area contributed by atoms with Crippen LogP contribution in [0, 0.1) is 0 Å². The fraction of sp³-hybridized carbons (Fsp3) is 0.615. The molecular weight excluding hydrogens is 246 g/mol. The molecule has 0 aromatic carbocycles. The standard InChI is InChI=1S/C13H23N3OS/c1-11(12-7-6-10-18-12)16(2)9-5-3-4-8-13(17)15-14/h6-7,10-11H,3-5,8-9,14H2,1-2H3,(H,15,17). The molecule has 1 heterocycles. The Morgan fingerprint density at radius 1 is 1.50 bits per heavy atom. The van der Waals surface area contributed by atoms with Gasteiger partial charge < -0.3 is 0 Å². The van der Waals surface area contributed by atoms with Gasteiger partial charge in [-0.2, -0.15) is 0 Å². The SMILES string of the molecule is CC(c1cccs1)N(C)CCCCCC(=O)NN. The number of hydrazine groups is 1. The van der Waals surface area contributed by atoms with Gasteiger partial charge in [-0.05, 0) is 44.8 Å². The highest BCUT2D eigenvalue weighted by atomic mass is 32.1. The molecule has 0 aliphatic carbocycles. The minimum Gasteiger partial charge on any atom is -0.299 e. The lowest BCUT2D eigenvalue weighted by atomic mass is 10.1. The minimum absolute atomic E-state index is 0.0738. The molecule has 3 N–H and O–H groups in total. The molecule has 0 saturated heterocycles. The zero-order valence-corrected chi connectivity index (χ0v) is 12.0. The Morgan fingerprint density at radius 2 is 2.28 bits per heavy atom. The Kier molecular flexibility index (Phi) is 6.93. The van der Waals surface area contributed by atoms with Crippen LogP contribution in [0.5, 0.6) is 0 Å². The largest absolute Gasteiger partial charge is 0.299 e. The van der Waals surface area contributed by atoms with Crippen LogP contribution in [0.3, 0.4) is 0 Å². The van der Waals surface area contributed by atoms with Gasteiger partial charge in [-0.3, -0.25) is 15.1 Å². The molecule has 0 radical (unpaired) electrons. The van der Waals surface area contributed by atoms with Crippen LogP contribution < -0.4 is 11.3 Å². The van der Waals surface area contributed by atoms with E-state index in [0.29, 0.717) is 12.5 Å². The smallest absolute Gasteiger partial charge is 0.233 e. The summed E-state index contributed by atoms with van der Waals surface area (Å²) >= 11 is 1.80. The Morgan fingerprint density at radius 3 is 2.89 bits per heavy atom. The van der Waals surface area contributed by atoms with Gasteiger partial charge in [-0.25, -0.2) is 5.84 Å². The molecule has 4 nitrogen and oxygen atoms in total. The van der Waals surface area contributed by atoms with Gasteiger partial charge in [0.05, 0.1) is 0 Å². The van der Waals surface area contributed by atoms with Crippen molar-refractivity contribution in [3.63, 3.8) is 0 Å². The molecule has 0 aliphatic heterocycles.